The Morgan fingerprint density at radius 2 is 2.00 bits per heavy atom. The second-order valence-electron chi connectivity index (χ2n) is 4.65. The molecular weight excluding hydrogens is 238 g/mol. The van der Waals surface area contributed by atoms with Crippen LogP contribution >= 0.6 is 0 Å². The van der Waals surface area contributed by atoms with Gasteiger partial charge in [0.05, 0.1) is 7.11 Å². The van der Waals surface area contributed by atoms with Crippen LogP contribution in [0.4, 0.5) is 0 Å². The number of ether oxygens (including phenoxy) is 1. The number of nitrogens with zero attached hydrogens (tertiary/aromatic N) is 2. The minimum Gasteiger partial charge on any atom is -0.497 e. The summed E-state index contributed by atoms with van der Waals surface area (Å²) in [6.07, 6.45) is 2.82. The van der Waals surface area contributed by atoms with E-state index >= 15 is 0 Å². The topological polar surface area (TPSA) is 39.1 Å². The molecule has 4 nitrogen and oxygen atoms in total. The molecule has 0 fully saturated rings. The maximum atomic E-state index is 5.16. The van der Waals surface area contributed by atoms with Crippen molar-refractivity contribution in [1.82, 2.24) is 15.1 Å². The lowest BCUT2D eigenvalue weighted by molar-refractivity contribution is 0.414. The molecule has 1 heterocycles. The normalized spacial score (nSPS) is 12.4. The predicted molar refractivity (Wildman–Crippen MR) is 76.3 cm³/mol. The molecule has 1 atom stereocenters. The second-order valence-corrected chi connectivity index (χ2v) is 4.65. The van der Waals surface area contributed by atoms with E-state index in [-0.39, 0.29) is 0 Å². The Morgan fingerprint density at radius 3 is 2.58 bits per heavy atom. The van der Waals surface area contributed by atoms with E-state index in [4.69, 9.17) is 4.74 Å². The summed E-state index contributed by atoms with van der Waals surface area (Å²) in [5.74, 6) is 0.894. The van der Waals surface area contributed by atoms with Gasteiger partial charge in [-0.05, 0) is 30.7 Å². The Morgan fingerprint density at radius 1 is 1.26 bits per heavy atom. The zero-order chi connectivity index (χ0) is 13.7. The molecule has 2 aromatic rings. The van der Waals surface area contributed by atoms with Crippen LogP contribution < -0.4 is 10.1 Å². The maximum absolute atomic E-state index is 5.16. The molecule has 1 aromatic heterocycles. The Bertz CT molecular complexity index is 504. The van der Waals surface area contributed by atoms with Gasteiger partial charge in [0.2, 0.25) is 0 Å². The second kappa shape index (κ2) is 6.38. The predicted octanol–water partition coefficient (Wildman–Crippen LogP) is 2.32. The minimum absolute atomic E-state index is 0.333. The summed E-state index contributed by atoms with van der Waals surface area (Å²) in [5, 5.41) is 7.69. The van der Waals surface area contributed by atoms with Crippen molar-refractivity contribution in [3.8, 4) is 5.75 Å². The molecule has 1 N–H and O–H groups in total. The van der Waals surface area contributed by atoms with Crippen molar-refractivity contribution in [2.75, 3.05) is 13.7 Å². The minimum atomic E-state index is 0.333. The summed E-state index contributed by atoms with van der Waals surface area (Å²) < 4.78 is 7.08. The quantitative estimate of drug-likeness (QED) is 0.865. The van der Waals surface area contributed by atoms with E-state index in [9.17, 15) is 0 Å². The van der Waals surface area contributed by atoms with E-state index < -0.39 is 0 Å². The van der Waals surface area contributed by atoms with E-state index in [0.717, 1.165) is 18.7 Å². The van der Waals surface area contributed by atoms with Gasteiger partial charge in [0.1, 0.15) is 5.75 Å². The largest absolute Gasteiger partial charge is 0.497 e. The highest BCUT2D eigenvalue weighted by atomic mass is 16.5. The first-order valence-electron chi connectivity index (χ1n) is 6.55. The Balaban J connectivity index is 1.83. The van der Waals surface area contributed by atoms with Crippen LogP contribution in [-0.4, -0.2) is 23.4 Å². The molecule has 0 saturated heterocycles. The number of aryl methyl sites for hydroxylation is 1. The smallest absolute Gasteiger partial charge is 0.118 e. The molecule has 0 aliphatic rings. The molecule has 4 heteroatoms. The van der Waals surface area contributed by atoms with E-state index in [0.29, 0.717) is 6.04 Å². The molecule has 0 amide bonds. The molecule has 0 aliphatic heterocycles. The Hall–Kier alpha value is -1.81. The van der Waals surface area contributed by atoms with Crippen LogP contribution in [0.15, 0.2) is 36.5 Å². The summed E-state index contributed by atoms with van der Waals surface area (Å²) in [4.78, 5) is 0. The van der Waals surface area contributed by atoms with Crippen molar-refractivity contribution in [2.24, 2.45) is 7.05 Å². The van der Waals surface area contributed by atoms with Crippen LogP contribution in [0.5, 0.6) is 5.75 Å². The Kier molecular flexibility index (Phi) is 4.58. The standard InChI is InChI=1S/C15H21N3O/c1-12(13-4-6-15(19-3)7-5-13)16-10-8-14-9-11-17-18(14)2/h4-7,9,11-12,16H,8,10H2,1-3H3. The summed E-state index contributed by atoms with van der Waals surface area (Å²) in [6.45, 7) is 3.11. The van der Waals surface area contributed by atoms with Crippen molar-refractivity contribution in [3.05, 3.63) is 47.8 Å². The van der Waals surface area contributed by atoms with E-state index in [2.05, 4.69) is 35.5 Å². The van der Waals surface area contributed by atoms with Gasteiger partial charge in [-0.3, -0.25) is 4.68 Å². The average molecular weight is 259 g/mol. The van der Waals surface area contributed by atoms with E-state index in [1.165, 1.54) is 11.3 Å². The Labute approximate surface area is 114 Å². The number of aromatic nitrogens is 2. The molecule has 0 bridgehead atoms. The number of rotatable bonds is 6. The van der Waals surface area contributed by atoms with Crippen LogP contribution in [0.1, 0.15) is 24.2 Å². The molecule has 102 valence electrons. The van der Waals surface area contributed by atoms with Crippen LogP contribution in [-0.2, 0) is 13.5 Å². The summed E-state index contributed by atoms with van der Waals surface area (Å²) in [5.41, 5.74) is 2.51. The van der Waals surface area contributed by atoms with Crippen LogP contribution in [0, 0.1) is 0 Å². The lowest BCUT2D eigenvalue weighted by Crippen LogP contribution is -2.22. The molecule has 19 heavy (non-hydrogen) atoms. The van der Waals surface area contributed by atoms with Crippen LogP contribution in [0.25, 0.3) is 0 Å². The number of benzene rings is 1. The summed E-state index contributed by atoms with van der Waals surface area (Å²) >= 11 is 0. The molecule has 1 unspecified atom stereocenters. The monoisotopic (exact) mass is 259 g/mol. The fourth-order valence-corrected chi connectivity index (χ4v) is 2.07. The van der Waals surface area contributed by atoms with Gasteiger partial charge >= 0.3 is 0 Å². The van der Waals surface area contributed by atoms with Crippen LogP contribution in [0.2, 0.25) is 0 Å². The van der Waals surface area contributed by atoms with Crippen molar-refractivity contribution in [2.45, 2.75) is 19.4 Å². The van der Waals surface area contributed by atoms with Gasteiger partial charge in [-0.2, -0.15) is 5.10 Å². The van der Waals surface area contributed by atoms with E-state index in [1.807, 2.05) is 30.1 Å². The first-order chi connectivity index (χ1) is 9.20. The lowest BCUT2D eigenvalue weighted by Gasteiger charge is -2.14. The van der Waals surface area contributed by atoms with Crippen molar-refractivity contribution in [1.29, 1.82) is 0 Å². The van der Waals surface area contributed by atoms with Gasteiger partial charge in [-0.1, -0.05) is 12.1 Å². The fourth-order valence-electron chi connectivity index (χ4n) is 2.07. The van der Waals surface area contributed by atoms with Gasteiger partial charge in [-0.15, -0.1) is 0 Å². The highest BCUT2D eigenvalue weighted by Gasteiger charge is 2.05. The van der Waals surface area contributed by atoms with Gasteiger partial charge in [0.15, 0.2) is 0 Å². The van der Waals surface area contributed by atoms with E-state index in [1.54, 1.807) is 7.11 Å². The third-order valence-electron chi connectivity index (χ3n) is 3.37. The number of nitrogens with one attached hydrogen (secondary N) is 1. The first-order valence-corrected chi connectivity index (χ1v) is 6.55. The molecule has 2 rings (SSSR count). The van der Waals surface area contributed by atoms with Crippen molar-refractivity contribution in [3.63, 3.8) is 0 Å². The van der Waals surface area contributed by atoms with Crippen molar-refractivity contribution >= 4 is 0 Å². The first kappa shape index (κ1) is 13.6. The zero-order valence-corrected chi connectivity index (χ0v) is 11.8. The van der Waals surface area contributed by atoms with Gasteiger partial charge in [0.25, 0.3) is 0 Å². The third kappa shape index (κ3) is 3.58. The number of methoxy groups -OCH3 is 1. The number of hydrogen-bond acceptors (Lipinski definition) is 3. The molecule has 0 saturated carbocycles. The van der Waals surface area contributed by atoms with Gasteiger partial charge in [-0.25, -0.2) is 0 Å². The van der Waals surface area contributed by atoms with Gasteiger partial charge in [0, 0.05) is 37.9 Å². The summed E-state index contributed by atoms with van der Waals surface area (Å²) in [7, 11) is 3.66. The molecule has 0 spiro atoms. The highest BCUT2D eigenvalue weighted by Crippen LogP contribution is 2.17. The van der Waals surface area contributed by atoms with Crippen molar-refractivity contribution < 1.29 is 4.74 Å². The van der Waals surface area contributed by atoms with Gasteiger partial charge < -0.3 is 10.1 Å². The molecule has 0 radical (unpaired) electrons. The maximum Gasteiger partial charge on any atom is 0.118 e. The molecule has 0 aliphatic carbocycles. The lowest BCUT2D eigenvalue weighted by atomic mass is 10.1. The SMILES string of the molecule is COc1ccc(C(C)NCCc2ccnn2C)cc1. The molecule has 1 aromatic carbocycles. The fraction of sp³-hybridized carbons (Fsp3) is 0.400. The highest BCUT2D eigenvalue weighted by molar-refractivity contribution is 5.28. The molecular formula is C15H21N3O. The third-order valence-corrected chi connectivity index (χ3v) is 3.37. The zero-order valence-electron chi connectivity index (χ0n) is 11.8. The van der Waals surface area contributed by atoms with Crippen LogP contribution in [0.3, 0.4) is 0 Å². The summed E-state index contributed by atoms with van der Waals surface area (Å²) in [6, 6.07) is 10.6. The number of hydrogen-bond donors (Lipinski definition) is 1. The average Bonchev–Trinajstić information content (AvgIpc) is 2.84.